The maximum absolute atomic E-state index is 12.5. The zero-order valence-corrected chi connectivity index (χ0v) is 13.2. The van der Waals surface area contributed by atoms with Gasteiger partial charge < -0.3 is 15.6 Å². The van der Waals surface area contributed by atoms with Gasteiger partial charge in [0.1, 0.15) is 5.54 Å². The smallest absolute Gasteiger partial charge is 0.323 e. The number of hydrogen-bond acceptors (Lipinski definition) is 4. The van der Waals surface area contributed by atoms with Crippen molar-refractivity contribution in [2.24, 2.45) is 17.1 Å². The first-order valence-corrected chi connectivity index (χ1v) is 8.10. The molecule has 1 aliphatic carbocycles. The maximum atomic E-state index is 12.5. The summed E-state index contributed by atoms with van der Waals surface area (Å²) in [6.07, 6.45) is 0.876. The lowest BCUT2D eigenvalue weighted by molar-refractivity contribution is -0.148. The summed E-state index contributed by atoms with van der Waals surface area (Å²) in [6.45, 7) is 0.263. The molecule has 1 saturated heterocycles. The van der Waals surface area contributed by atoms with Crippen molar-refractivity contribution in [3.63, 3.8) is 0 Å². The lowest BCUT2D eigenvalue weighted by Gasteiger charge is -2.26. The molecule has 1 heterocycles. The van der Waals surface area contributed by atoms with Crippen molar-refractivity contribution in [3.05, 3.63) is 48.0 Å². The van der Waals surface area contributed by atoms with Crippen LogP contribution in [0, 0.1) is 11.3 Å². The number of carbonyl (C=O) groups is 2. The van der Waals surface area contributed by atoms with E-state index in [-0.39, 0.29) is 31.3 Å². The molecule has 1 saturated carbocycles. The number of carbonyl (C=O) groups excluding carboxylic acids is 1. The number of fused-ring (bicyclic) bond motifs is 2. The van der Waals surface area contributed by atoms with E-state index < -0.39 is 16.9 Å². The van der Waals surface area contributed by atoms with Crippen LogP contribution in [0.4, 0.5) is 0 Å². The number of hydrogen-bond donors (Lipinski definition) is 2. The van der Waals surface area contributed by atoms with Crippen LogP contribution >= 0.6 is 0 Å². The van der Waals surface area contributed by atoms with Crippen LogP contribution in [-0.2, 0) is 20.7 Å². The summed E-state index contributed by atoms with van der Waals surface area (Å²) >= 11 is 0. The van der Waals surface area contributed by atoms with Crippen LogP contribution in [-0.4, -0.2) is 29.2 Å². The third-order valence-corrected chi connectivity index (χ3v) is 5.60. The second-order valence-electron chi connectivity index (χ2n) is 7.15. The van der Waals surface area contributed by atoms with Gasteiger partial charge in [0.25, 0.3) is 0 Å². The van der Waals surface area contributed by atoms with E-state index in [1.165, 1.54) is 0 Å². The Morgan fingerprint density at radius 2 is 2.00 bits per heavy atom. The van der Waals surface area contributed by atoms with Gasteiger partial charge in [-0.1, -0.05) is 42.5 Å². The molecule has 2 aliphatic rings. The molecule has 2 fully saturated rings. The zero-order valence-electron chi connectivity index (χ0n) is 13.2. The van der Waals surface area contributed by atoms with E-state index >= 15 is 0 Å². The predicted octanol–water partition coefficient (Wildman–Crippen LogP) is 2.12. The van der Waals surface area contributed by atoms with Crippen LogP contribution in [0.15, 0.2) is 42.5 Å². The Balaban J connectivity index is 1.72. The molecule has 3 unspecified atom stereocenters. The third kappa shape index (κ3) is 2.12. The topological polar surface area (TPSA) is 89.6 Å². The quantitative estimate of drug-likeness (QED) is 0.844. The first kappa shape index (κ1) is 15.1. The van der Waals surface area contributed by atoms with Crippen LogP contribution in [0.2, 0.25) is 0 Å². The Labute approximate surface area is 139 Å². The number of ether oxygens (including phenoxy) is 1. The van der Waals surface area contributed by atoms with Crippen LogP contribution in [0.3, 0.4) is 0 Å². The Bertz CT molecular complexity index is 848. The second kappa shape index (κ2) is 5.05. The predicted molar refractivity (Wildman–Crippen MR) is 88.3 cm³/mol. The van der Waals surface area contributed by atoms with E-state index in [1.807, 2.05) is 36.4 Å². The summed E-state index contributed by atoms with van der Waals surface area (Å²) in [6, 6.07) is 14.1. The van der Waals surface area contributed by atoms with Crippen molar-refractivity contribution in [1.29, 1.82) is 0 Å². The number of benzene rings is 2. The van der Waals surface area contributed by atoms with E-state index in [1.54, 1.807) is 0 Å². The Morgan fingerprint density at radius 1 is 1.25 bits per heavy atom. The van der Waals surface area contributed by atoms with Crippen molar-refractivity contribution in [1.82, 2.24) is 0 Å². The monoisotopic (exact) mass is 325 g/mol. The molecule has 2 aromatic carbocycles. The summed E-state index contributed by atoms with van der Waals surface area (Å²) in [4.78, 5) is 24.0. The van der Waals surface area contributed by atoms with Crippen LogP contribution in [0.5, 0.6) is 0 Å². The number of cyclic esters (lactones) is 1. The molecule has 24 heavy (non-hydrogen) atoms. The molecule has 4 rings (SSSR count). The molecule has 0 aromatic heterocycles. The van der Waals surface area contributed by atoms with E-state index in [0.717, 1.165) is 16.3 Å². The average Bonchev–Trinajstić information content (AvgIpc) is 3.01. The van der Waals surface area contributed by atoms with Crippen molar-refractivity contribution in [2.45, 2.75) is 24.8 Å². The highest BCUT2D eigenvalue weighted by atomic mass is 16.5. The Morgan fingerprint density at radius 3 is 2.75 bits per heavy atom. The number of carboxylic acid groups (broad SMARTS) is 1. The minimum Gasteiger partial charge on any atom is -0.480 e. The molecular weight excluding hydrogens is 306 g/mol. The highest BCUT2D eigenvalue weighted by Crippen LogP contribution is 2.54. The van der Waals surface area contributed by atoms with Gasteiger partial charge in [-0.05, 0) is 35.6 Å². The van der Waals surface area contributed by atoms with Crippen molar-refractivity contribution in [2.75, 3.05) is 6.61 Å². The standard InChI is InChI=1S/C19H19NO4/c20-19(16(21)22)9-15-10-24-17(23)18(15,11-19)8-12-5-6-13-3-1-2-4-14(13)7-12/h1-7,15H,8-11,20H2,(H,21,22). The largest absolute Gasteiger partial charge is 0.480 e. The van der Waals surface area contributed by atoms with Gasteiger partial charge in [-0.25, -0.2) is 0 Å². The maximum Gasteiger partial charge on any atom is 0.323 e. The molecular formula is C19H19NO4. The molecule has 1 aliphatic heterocycles. The molecule has 124 valence electrons. The SMILES string of the molecule is NC1(C(=O)O)CC2COC(=O)C2(Cc2ccc3ccccc3c2)C1. The number of esters is 1. The molecule has 0 amide bonds. The molecule has 3 atom stereocenters. The molecule has 5 heteroatoms. The molecule has 0 spiro atoms. The van der Waals surface area contributed by atoms with Gasteiger partial charge in [0.05, 0.1) is 12.0 Å². The summed E-state index contributed by atoms with van der Waals surface area (Å²) in [5.41, 5.74) is 4.91. The van der Waals surface area contributed by atoms with Crippen LogP contribution < -0.4 is 5.73 Å². The van der Waals surface area contributed by atoms with Crippen molar-refractivity contribution < 1.29 is 19.4 Å². The Kier molecular flexibility index (Phi) is 3.18. The molecule has 5 nitrogen and oxygen atoms in total. The van der Waals surface area contributed by atoms with E-state index in [0.29, 0.717) is 6.42 Å². The van der Waals surface area contributed by atoms with Gasteiger partial charge in [-0.2, -0.15) is 0 Å². The van der Waals surface area contributed by atoms with Gasteiger partial charge in [-0.15, -0.1) is 0 Å². The minimum atomic E-state index is -1.35. The molecule has 3 N–H and O–H groups in total. The second-order valence-corrected chi connectivity index (χ2v) is 7.15. The number of rotatable bonds is 3. The third-order valence-electron chi connectivity index (χ3n) is 5.60. The van der Waals surface area contributed by atoms with Gasteiger partial charge >= 0.3 is 11.9 Å². The number of carboxylic acids is 1. The summed E-state index contributed by atoms with van der Waals surface area (Å²) < 4.78 is 5.27. The highest BCUT2D eigenvalue weighted by molar-refractivity contribution is 5.87. The molecule has 0 bridgehead atoms. The average molecular weight is 325 g/mol. The van der Waals surface area contributed by atoms with Crippen molar-refractivity contribution in [3.8, 4) is 0 Å². The van der Waals surface area contributed by atoms with Crippen LogP contribution in [0.25, 0.3) is 10.8 Å². The van der Waals surface area contributed by atoms with E-state index in [9.17, 15) is 14.7 Å². The van der Waals surface area contributed by atoms with Gasteiger partial charge in [0.2, 0.25) is 0 Å². The first-order valence-electron chi connectivity index (χ1n) is 8.10. The van der Waals surface area contributed by atoms with E-state index in [2.05, 4.69) is 6.07 Å². The summed E-state index contributed by atoms with van der Waals surface area (Å²) in [5, 5.41) is 11.7. The number of aliphatic carboxylic acids is 1. The van der Waals surface area contributed by atoms with Gasteiger partial charge in [0.15, 0.2) is 0 Å². The molecule has 2 aromatic rings. The summed E-state index contributed by atoms with van der Waals surface area (Å²) in [7, 11) is 0. The normalized spacial score (nSPS) is 31.9. The fourth-order valence-electron chi connectivity index (χ4n) is 4.35. The molecule has 0 radical (unpaired) electrons. The van der Waals surface area contributed by atoms with Gasteiger partial charge in [-0.3, -0.25) is 9.59 Å². The van der Waals surface area contributed by atoms with Crippen LogP contribution in [0.1, 0.15) is 18.4 Å². The fourth-order valence-corrected chi connectivity index (χ4v) is 4.35. The minimum absolute atomic E-state index is 0.131. The number of nitrogens with two attached hydrogens (primary N) is 1. The van der Waals surface area contributed by atoms with Gasteiger partial charge in [0, 0.05) is 5.92 Å². The van der Waals surface area contributed by atoms with Crippen molar-refractivity contribution >= 4 is 22.7 Å². The first-order chi connectivity index (χ1) is 11.4. The zero-order chi connectivity index (χ0) is 16.9. The summed E-state index contributed by atoms with van der Waals surface area (Å²) in [5.74, 6) is -1.49. The van der Waals surface area contributed by atoms with E-state index in [4.69, 9.17) is 10.5 Å². The lowest BCUT2D eigenvalue weighted by Crippen LogP contribution is -2.47. The highest BCUT2D eigenvalue weighted by Gasteiger charge is 2.64. The Hall–Kier alpha value is -2.40. The lowest BCUT2D eigenvalue weighted by atomic mass is 9.74. The fraction of sp³-hybridized carbons (Fsp3) is 0.368.